The van der Waals surface area contributed by atoms with Crippen LogP contribution in [0.1, 0.15) is 21.5 Å². The Morgan fingerprint density at radius 2 is 1.39 bits per heavy atom. The first-order valence-corrected chi connectivity index (χ1v) is 10.2. The standard InChI is InChI=1S/C25H19IO2/c1-16-8-5-14-21(26)23(16)24-17(2)9-6-15-22(24)28-25(27)20-13-7-11-18-10-3-4-12-19(18)20/h3-15H,1-2H3. The summed E-state index contributed by atoms with van der Waals surface area (Å²) in [5, 5.41) is 1.92. The molecule has 2 nitrogen and oxygen atoms in total. The maximum absolute atomic E-state index is 13.1. The van der Waals surface area contributed by atoms with Crippen LogP contribution in [0.25, 0.3) is 21.9 Å². The highest BCUT2D eigenvalue weighted by Gasteiger charge is 2.19. The van der Waals surface area contributed by atoms with Crippen LogP contribution in [-0.2, 0) is 0 Å². The molecule has 4 aromatic rings. The van der Waals surface area contributed by atoms with Crippen molar-refractivity contribution in [1.82, 2.24) is 0 Å². The van der Waals surface area contributed by atoms with E-state index in [0.29, 0.717) is 11.3 Å². The number of aryl methyl sites for hydroxylation is 2. The van der Waals surface area contributed by atoms with E-state index in [0.717, 1.165) is 36.6 Å². The summed E-state index contributed by atoms with van der Waals surface area (Å²) in [5.41, 5.74) is 4.89. The summed E-state index contributed by atoms with van der Waals surface area (Å²) < 4.78 is 7.08. The van der Waals surface area contributed by atoms with Gasteiger partial charge in [0.05, 0.1) is 5.56 Å². The van der Waals surface area contributed by atoms with E-state index < -0.39 is 0 Å². The number of rotatable bonds is 3. The zero-order valence-corrected chi connectivity index (χ0v) is 17.9. The van der Waals surface area contributed by atoms with E-state index in [1.807, 2.05) is 73.7 Å². The molecule has 0 heterocycles. The Bertz CT molecular complexity index is 1170. The molecule has 0 aliphatic heterocycles. The highest BCUT2D eigenvalue weighted by molar-refractivity contribution is 14.1. The predicted molar refractivity (Wildman–Crippen MR) is 123 cm³/mol. The van der Waals surface area contributed by atoms with Crippen LogP contribution in [0.15, 0.2) is 78.9 Å². The number of esters is 1. The third-order valence-corrected chi connectivity index (χ3v) is 5.82. The van der Waals surface area contributed by atoms with Crippen molar-refractivity contribution in [2.45, 2.75) is 13.8 Å². The van der Waals surface area contributed by atoms with E-state index in [1.54, 1.807) is 0 Å². The van der Waals surface area contributed by atoms with Gasteiger partial charge < -0.3 is 4.74 Å². The summed E-state index contributed by atoms with van der Waals surface area (Å²) in [6.07, 6.45) is 0. The number of carbonyl (C=O) groups is 1. The van der Waals surface area contributed by atoms with Gasteiger partial charge in [-0.3, -0.25) is 0 Å². The summed E-state index contributed by atoms with van der Waals surface area (Å²) in [5.74, 6) is 0.248. The molecule has 0 N–H and O–H groups in total. The van der Waals surface area contributed by atoms with Crippen LogP contribution in [0.4, 0.5) is 0 Å². The molecule has 4 rings (SSSR count). The van der Waals surface area contributed by atoms with Crippen molar-refractivity contribution < 1.29 is 9.53 Å². The number of carbonyl (C=O) groups excluding carboxylic acids is 1. The fourth-order valence-electron chi connectivity index (χ4n) is 3.55. The number of hydrogen-bond donors (Lipinski definition) is 0. The van der Waals surface area contributed by atoms with Crippen molar-refractivity contribution in [3.8, 4) is 16.9 Å². The first-order chi connectivity index (χ1) is 13.6. The molecule has 3 heteroatoms. The molecule has 0 radical (unpaired) electrons. The number of benzene rings is 4. The fourth-order valence-corrected chi connectivity index (χ4v) is 4.46. The number of fused-ring (bicyclic) bond motifs is 1. The van der Waals surface area contributed by atoms with Crippen molar-refractivity contribution in [3.05, 3.63) is 99.1 Å². The average molecular weight is 478 g/mol. The van der Waals surface area contributed by atoms with Crippen LogP contribution in [0.2, 0.25) is 0 Å². The summed E-state index contributed by atoms with van der Waals surface area (Å²) in [4.78, 5) is 13.1. The topological polar surface area (TPSA) is 26.3 Å². The minimum atomic E-state index is -0.341. The molecule has 0 spiro atoms. The van der Waals surface area contributed by atoms with E-state index >= 15 is 0 Å². The normalized spacial score (nSPS) is 10.8. The van der Waals surface area contributed by atoms with Gasteiger partial charge in [-0.2, -0.15) is 0 Å². The molecule has 0 aliphatic carbocycles. The SMILES string of the molecule is Cc1cccc(I)c1-c1c(C)cccc1OC(=O)c1cccc2ccccc12. The Kier molecular flexibility index (Phi) is 5.18. The number of halogens is 1. The average Bonchev–Trinajstić information content (AvgIpc) is 2.69. The van der Waals surface area contributed by atoms with Crippen molar-refractivity contribution in [3.63, 3.8) is 0 Å². The lowest BCUT2D eigenvalue weighted by Gasteiger charge is -2.16. The molecule has 0 saturated carbocycles. The number of hydrogen-bond acceptors (Lipinski definition) is 2. The smallest absolute Gasteiger partial charge is 0.344 e. The van der Waals surface area contributed by atoms with Crippen LogP contribution >= 0.6 is 22.6 Å². The van der Waals surface area contributed by atoms with Gasteiger partial charge in [0.15, 0.2) is 0 Å². The second kappa shape index (κ2) is 7.76. The molecule has 0 atom stereocenters. The van der Waals surface area contributed by atoms with Crippen LogP contribution in [0.5, 0.6) is 5.75 Å². The monoisotopic (exact) mass is 478 g/mol. The molecule has 0 saturated heterocycles. The van der Waals surface area contributed by atoms with Crippen LogP contribution in [0.3, 0.4) is 0 Å². The molecule has 0 bridgehead atoms. The molecule has 0 amide bonds. The van der Waals surface area contributed by atoms with Gasteiger partial charge in [-0.15, -0.1) is 0 Å². The summed E-state index contributed by atoms with van der Waals surface area (Å²) in [7, 11) is 0. The highest BCUT2D eigenvalue weighted by atomic mass is 127. The van der Waals surface area contributed by atoms with Gasteiger partial charge in [-0.1, -0.05) is 60.7 Å². The van der Waals surface area contributed by atoms with Crippen molar-refractivity contribution in [1.29, 1.82) is 0 Å². The minimum Gasteiger partial charge on any atom is -0.422 e. The van der Waals surface area contributed by atoms with Crippen molar-refractivity contribution in [2.75, 3.05) is 0 Å². The van der Waals surface area contributed by atoms with E-state index in [1.165, 1.54) is 0 Å². The summed E-state index contributed by atoms with van der Waals surface area (Å²) in [6.45, 7) is 4.13. The van der Waals surface area contributed by atoms with Gasteiger partial charge in [0.2, 0.25) is 0 Å². The predicted octanol–water partition coefficient (Wildman–Crippen LogP) is 6.95. The zero-order valence-electron chi connectivity index (χ0n) is 15.7. The third kappa shape index (κ3) is 3.42. The molecule has 138 valence electrons. The molecular weight excluding hydrogens is 459 g/mol. The molecule has 0 unspecified atom stereocenters. The second-order valence-electron chi connectivity index (χ2n) is 6.80. The summed E-state index contributed by atoms with van der Waals surface area (Å²) >= 11 is 2.34. The lowest BCUT2D eigenvalue weighted by atomic mass is 9.95. The van der Waals surface area contributed by atoms with Crippen LogP contribution < -0.4 is 4.74 Å². The Labute approximate surface area is 178 Å². The van der Waals surface area contributed by atoms with Crippen molar-refractivity contribution in [2.24, 2.45) is 0 Å². The second-order valence-corrected chi connectivity index (χ2v) is 7.96. The first kappa shape index (κ1) is 18.7. The largest absolute Gasteiger partial charge is 0.422 e. The Hall–Kier alpha value is -2.66. The van der Waals surface area contributed by atoms with Gasteiger partial charge >= 0.3 is 5.97 Å². The zero-order chi connectivity index (χ0) is 19.7. The van der Waals surface area contributed by atoms with Gasteiger partial charge in [-0.05, 0) is 76.5 Å². The lowest BCUT2D eigenvalue weighted by molar-refractivity contribution is 0.0737. The van der Waals surface area contributed by atoms with Gasteiger partial charge in [-0.25, -0.2) is 4.79 Å². The summed E-state index contributed by atoms with van der Waals surface area (Å²) in [6, 6.07) is 25.6. The van der Waals surface area contributed by atoms with E-state index in [9.17, 15) is 4.79 Å². The maximum atomic E-state index is 13.1. The lowest BCUT2D eigenvalue weighted by Crippen LogP contribution is -2.10. The van der Waals surface area contributed by atoms with Crippen LogP contribution in [-0.4, -0.2) is 5.97 Å². The Morgan fingerprint density at radius 1 is 0.750 bits per heavy atom. The molecular formula is C25H19IO2. The molecule has 28 heavy (non-hydrogen) atoms. The quantitative estimate of drug-likeness (QED) is 0.181. The van der Waals surface area contributed by atoms with Crippen molar-refractivity contribution >= 4 is 39.3 Å². The molecule has 0 aromatic heterocycles. The first-order valence-electron chi connectivity index (χ1n) is 9.11. The van der Waals surface area contributed by atoms with Gasteiger partial charge in [0, 0.05) is 14.7 Å². The molecule has 0 aliphatic rings. The minimum absolute atomic E-state index is 0.341. The van der Waals surface area contributed by atoms with Gasteiger partial charge in [0.1, 0.15) is 5.75 Å². The third-order valence-electron chi connectivity index (χ3n) is 4.92. The maximum Gasteiger partial charge on any atom is 0.344 e. The van der Waals surface area contributed by atoms with E-state index in [4.69, 9.17) is 4.74 Å². The van der Waals surface area contributed by atoms with Crippen LogP contribution in [0, 0.1) is 17.4 Å². The molecule has 4 aromatic carbocycles. The Balaban J connectivity index is 1.81. The highest BCUT2D eigenvalue weighted by Crippen LogP contribution is 2.38. The van der Waals surface area contributed by atoms with Gasteiger partial charge in [0.25, 0.3) is 0 Å². The fraction of sp³-hybridized carbons (Fsp3) is 0.0800. The Morgan fingerprint density at radius 3 is 2.18 bits per heavy atom. The van der Waals surface area contributed by atoms with E-state index in [2.05, 4.69) is 41.6 Å². The molecule has 0 fully saturated rings. The van der Waals surface area contributed by atoms with E-state index in [-0.39, 0.29) is 5.97 Å². The number of ether oxygens (including phenoxy) is 1.